The van der Waals surface area contributed by atoms with Crippen molar-refractivity contribution in [2.75, 3.05) is 13.1 Å². The maximum Gasteiger partial charge on any atom is 0.270 e. The van der Waals surface area contributed by atoms with Crippen molar-refractivity contribution in [3.8, 4) is 0 Å². The molecule has 1 fully saturated rings. The van der Waals surface area contributed by atoms with Crippen molar-refractivity contribution in [3.63, 3.8) is 0 Å². The number of carbonyl (C=O) groups is 1. The van der Waals surface area contributed by atoms with Crippen molar-refractivity contribution < 1.29 is 14.5 Å². The van der Waals surface area contributed by atoms with Gasteiger partial charge in [-0.15, -0.1) is 0 Å². The van der Waals surface area contributed by atoms with Crippen LogP contribution in [0.2, 0.25) is 0 Å². The SMILES string of the molecule is C[C@H]1CN(C(=O)c2cccc([N+](=O)[O-])c2)C[C@H](C)O1. The van der Waals surface area contributed by atoms with Crippen molar-refractivity contribution in [3.05, 3.63) is 39.9 Å². The summed E-state index contributed by atoms with van der Waals surface area (Å²) in [6, 6.07) is 5.81. The molecule has 1 saturated heterocycles. The van der Waals surface area contributed by atoms with Crippen LogP contribution in [0.15, 0.2) is 24.3 Å². The van der Waals surface area contributed by atoms with Crippen LogP contribution in [0.3, 0.4) is 0 Å². The van der Waals surface area contributed by atoms with Gasteiger partial charge in [0.05, 0.1) is 17.1 Å². The van der Waals surface area contributed by atoms with Crippen molar-refractivity contribution in [2.24, 2.45) is 0 Å². The average Bonchev–Trinajstić information content (AvgIpc) is 2.37. The largest absolute Gasteiger partial charge is 0.372 e. The van der Waals surface area contributed by atoms with Gasteiger partial charge in [-0.1, -0.05) is 6.07 Å². The number of nitro benzene ring substituents is 1. The summed E-state index contributed by atoms with van der Waals surface area (Å²) >= 11 is 0. The number of hydrogen-bond acceptors (Lipinski definition) is 4. The number of carbonyl (C=O) groups excluding carboxylic acids is 1. The van der Waals surface area contributed by atoms with Crippen LogP contribution in [-0.4, -0.2) is 41.0 Å². The van der Waals surface area contributed by atoms with Gasteiger partial charge in [0, 0.05) is 30.8 Å². The fourth-order valence-electron chi connectivity index (χ4n) is 2.28. The molecule has 102 valence electrons. The maximum absolute atomic E-state index is 12.3. The highest BCUT2D eigenvalue weighted by atomic mass is 16.6. The number of hydrogen-bond donors (Lipinski definition) is 0. The smallest absolute Gasteiger partial charge is 0.270 e. The second-order valence-corrected chi connectivity index (χ2v) is 4.77. The van der Waals surface area contributed by atoms with Gasteiger partial charge in [0.25, 0.3) is 11.6 Å². The lowest BCUT2D eigenvalue weighted by Gasteiger charge is -2.35. The predicted octanol–water partition coefficient (Wildman–Crippen LogP) is 1.84. The zero-order valence-corrected chi connectivity index (χ0v) is 10.9. The van der Waals surface area contributed by atoms with E-state index in [1.54, 1.807) is 11.0 Å². The molecule has 1 aliphatic rings. The van der Waals surface area contributed by atoms with Crippen molar-refractivity contribution >= 4 is 11.6 Å². The lowest BCUT2D eigenvalue weighted by atomic mass is 10.1. The third-order valence-corrected chi connectivity index (χ3v) is 3.01. The van der Waals surface area contributed by atoms with E-state index >= 15 is 0 Å². The quantitative estimate of drug-likeness (QED) is 0.603. The zero-order chi connectivity index (χ0) is 14.0. The zero-order valence-electron chi connectivity index (χ0n) is 10.9. The number of rotatable bonds is 2. The highest BCUT2D eigenvalue weighted by molar-refractivity contribution is 5.94. The third-order valence-electron chi connectivity index (χ3n) is 3.01. The number of benzene rings is 1. The van der Waals surface area contributed by atoms with Crippen LogP contribution in [0, 0.1) is 10.1 Å². The Morgan fingerprint density at radius 2 is 2.00 bits per heavy atom. The molecule has 6 heteroatoms. The lowest BCUT2D eigenvalue weighted by molar-refractivity contribution is -0.384. The second kappa shape index (κ2) is 5.36. The molecule has 2 atom stereocenters. The molecule has 0 unspecified atom stereocenters. The molecular formula is C13H16N2O4. The fourth-order valence-corrected chi connectivity index (χ4v) is 2.28. The first-order valence-corrected chi connectivity index (χ1v) is 6.16. The van der Waals surface area contributed by atoms with E-state index in [0.29, 0.717) is 18.7 Å². The predicted molar refractivity (Wildman–Crippen MR) is 69.0 cm³/mol. The molecule has 1 aromatic carbocycles. The van der Waals surface area contributed by atoms with Crippen LogP contribution >= 0.6 is 0 Å². The minimum Gasteiger partial charge on any atom is -0.372 e. The van der Waals surface area contributed by atoms with E-state index in [2.05, 4.69) is 0 Å². The Morgan fingerprint density at radius 3 is 2.58 bits per heavy atom. The summed E-state index contributed by atoms with van der Waals surface area (Å²) in [6.07, 6.45) is -0.0437. The van der Waals surface area contributed by atoms with Crippen molar-refractivity contribution in [2.45, 2.75) is 26.1 Å². The summed E-state index contributed by atoms with van der Waals surface area (Å²) in [5.41, 5.74) is 0.274. The van der Waals surface area contributed by atoms with Crippen LogP contribution < -0.4 is 0 Å². The monoisotopic (exact) mass is 264 g/mol. The minimum absolute atomic E-state index is 0.0219. The Balaban J connectivity index is 2.19. The molecular weight excluding hydrogens is 248 g/mol. The van der Waals surface area contributed by atoms with Crippen molar-refractivity contribution in [1.82, 2.24) is 4.90 Å². The Hall–Kier alpha value is -1.95. The number of non-ortho nitro benzene ring substituents is 1. The van der Waals surface area contributed by atoms with Crippen LogP contribution in [0.25, 0.3) is 0 Å². The molecule has 1 aliphatic heterocycles. The summed E-state index contributed by atoms with van der Waals surface area (Å²) in [4.78, 5) is 24.2. The molecule has 0 aromatic heterocycles. The first-order chi connectivity index (χ1) is 8.97. The molecule has 0 N–H and O–H groups in total. The van der Waals surface area contributed by atoms with E-state index in [-0.39, 0.29) is 23.8 Å². The molecule has 2 rings (SSSR count). The molecule has 6 nitrogen and oxygen atoms in total. The Kier molecular flexibility index (Phi) is 3.80. The Labute approximate surface area is 111 Å². The van der Waals surface area contributed by atoms with E-state index < -0.39 is 4.92 Å². The van der Waals surface area contributed by atoms with E-state index in [9.17, 15) is 14.9 Å². The maximum atomic E-state index is 12.3. The van der Waals surface area contributed by atoms with Crippen molar-refractivity contribution in [1.29, 1.82) is 0 Å². The van der Waals surface area contributed by atoms with Gasteiger partial charge in [0.15, 0.2) is 0 Å². The van der Waals surface area contributed by atoms with E-state index in [1.807, 2.05) is 13.8 Å². The normalized spacial score (nSPS) is 23.2. The number of amides is 1. The summed E-state index contributed by atoms with van der Waals surface area (Å²) < 4.78 is 5.56. The number of nitrogens with zero attached hydrogens (tertiary/aromatic N) is 2. The molecule has 1 heterocycles. The van der Waals surface area contributed by atoms with Crippen LogP contribution in [0.1, 0.15) is 24.2 Å². The van der Waals surface area contributed by atoms with Gasteiger partial charge in [-0.3, -0.25) is 14.9 Å². The highest BCUT2D eigenvalue weighted by Crippen LogP contribution is 2.18. The van der Waals surface area contributed by atoms with Crippen LogP contribution in [0.4, 0.5) is 5.69 Å². The lowest BCUT2D eigenvalue weighted by Crippen LogP contribution is -2.48. The molecule has 19 heavy (non-hydrogen) atoms. The molecule has 0 bridgehead atoms. The molecule has 0 spiro atoms. The first-order valence-electron chi connectivity index (χ1n) is 6.16. The van der Waals surface area contributed by atoms with Gasteiger partial charge in [0.1, 0.15) is 0 Å². The van der Waals surface area contributed by atoms with Gasteiger partial charge in [0.2, 0.25) is 0 Å². The Morgan fingerprint density at radius 1 is 1.37 bits per heavy atom. The second-order valence-electron chi connectivity index (χ2n) is 4.77. The molecule has 1 amide bonds. The Bertz CT molecular complexity index is 493. The molecule has 0 radical (unpaired) electrons. The standard InChI is InChI=1S/C13H16N2O4/c1-9-7-14(8-10(2)19-9)13(16)11-4-3-5-12(6-11)15(17)18/h3-6,9-10H,7-8H2,1-2H3/t9-,10-/m0/s1. The molecule has 1 aromatic rings. The number of morpholine rings is 1. The summed E-state index contributed by atoms with van der Waals surface area (Å²) in [5, 5.41) is 10.7. The average molecular weight is 264 g/mol. The summed E-state index contributed by atoms with van der Waals surface area (Å²) in [6.45, 7) is 4.82. The number of ether oxygens (including phenoxy) is 1. The van der Waals surface area contributed by atoms with Crippen LogP contribution in [0.5, 0.6) is 0 Å². The van der Waals surface area contributed by atoms with Gasteiger partial charge in [-0.2, -0.15) is 0 Å². The highest BCUT2D eigenvalue weighted by Gasteiger charge is 2.27. The summed E-state index contributed by atoms with van der Waals surface area (Å²) in [5.74, 6) is -0.189. The number of nitro groups is 1. The van der Waals surface area contributed by atoms with E-state index in [0.717, 1.165) is 0 Å². The summed E-state index contributed by atoms with van der Waals surface area (Å²) in [7, 11) is 0. The van der Waals surface area contributed by atoms with E-state index in [4.69, 9.17) is 4.74 Å². The minimum atomic E-state index is -0.499. The van der Waals surface area contributed by atoms with Gasteiger partial charge in [-0.25, -0.2) is 0 Å². The van der Waals surface area contributed by atoms with Crippen LogP contribution in [-0.2, 0) is 4.74 Å². The van der Waals surface area contributed by atoms with Gasteiger partial charge in [-0.05, 0) is 19.9 Å². The van der Waals surface area contributed by atoms with Gasteiger partial charge < -0.3 is 9.64 Å². The van der Waals surface area contributed by atoms with Gasteiger partial charge >= 0.3 is 0 Å². The molecule has 0 saturated carbocycles. The first kappa shape index (κ1) is 13.5. The topological polar surface area (TPSA) is 72.7 Å². The molecule has 0 aliphatic carbocycles. The van der Waals surface area contributed by atoms with E-state index in [1.165, 1.54) is 18.2 Å². The third kappa shape index (κ3) is 3.08. The fraction of sp³-hybridized carbons (Fsp3) is 0.462.